The Kier molecular flexibility index (Phi) is 5.21. The summed E-state index contributed by atoms with van der Waals surface area (Å²) in [6, 6.07) is 4.00. The highest BCUT2D eigenvalue weighted by molar-refractivity contribution is 6.03. The molecule has 1 saturated carbocycles. The van der Waals surface area contributed by atoms with E-state index in [-0.39, 0.29) is 17.9 Å². The Morgan fingerprint density at radius 2 is 2.00 bits per heavy atom. The van der Waals surface area contributed by atoms with E-state index < -0.39 is 5.54 Å². The van der Waals surface area contributed by atoms with Crippen LogP contribution >= 0.6 is 0 Å². The number of rotatable bonds is 5. The van der Waals surface area contributed by atoms with E-state index in [0.29, 0.717) is 30.3 Å². The zero-order valence-corrected chi connectivity index (χ0v) is 18.1. The highest BCUT2D eigenvalue weighted by atomic mass is 16.3. The number of aryl methyl sites for hydroxylation is 1. The van der Waals surface area contributed by atoms with Gasteiger partial charge in [0.15, 0.2) is 5.58 Å². The molecule has 2 aromatic heterocycles. The maximum absolute atomic E-state index is 13.5. The summed E-state index contributed by atoms with van der Waals surface area (Å²) in [5.41, 5.74) is 1.32. The van der Waals surface area contributed by atoms with Gasteiger partial charge < -0.3 is 19.2 Å². The average Bonchev–Trinajstić information content (AvgIpc) is 3.19. The molecule has 2 amide bonds. The zero-order valence-electron chi connectivity index (χ0n) is 18.1. The number of carbonyl (C=O) groups is 2. The highest BCUT2D eigenvalue weighted by Crippen LogP contribution is 2.34. The van der Waals surface area contributed by atoms with Gasteiger partial charge >= 0.3 is 0 Å². The van der Waals surface area contributed by atoms with Crippen LogP contribution in [0.4, 0.5) is 0 Å². The number of hydrogen-bond donors (Lipinski definition) is 1. The molecular formula is C23H33N3O3. The second-order valence-corrected chi connectivity index (χ2v) is 9.44. The molecule has 0 saturated heterocycles. The van der Waals surface area contributed by atoms with Gasteiger partial charge in [-0.25, -0.2) is 0 Å². The molecule has 0 spiro atoms. The van der Waals surface area contributed by atoms with E-state index >= 15 is 0 Å². The van der Waals surface area contributed by atoms with Crippen molar-refractivity contribution in [1.29, 1.82) is 0 Å². The highest BCUT2D eigenvalue weighted by Gasteiger charge is 2.48. The van der Waals surface area contributed by atoms with Crippen LogP contribution in [0.1, 0.15) is 75.5 Å². The normalized spacial score (nSPS) is 23.1. The third-order valence-electron chi connectivity index (χ3n) is 6.60. The lowest BCUT2D eigenvalue weighted by molar-refractivity contribution is -0.133. The van der Waals surface area contributed by atoms with Crippen molar-refractivity contribution >= 4 is 22.9 Å². The van der Waals surface area contributed by atoms with Crippen LogP contribution < -0.4 is 5.32 Å². The minimum Gasteiger partial charge on any atom is -0.460 e. The van der Waals surface area contributed by atoms with Gasteiger partial charge in [-0.1, -0.05) is 33.1 Å². The van der Waals surface area contributed by atoms with Gasteiger partial charge in [-0.3, -0.25) is 9.59 Å². The third kappa shape index (κ3) is 3.58. The topological polar surface area (TPSA) is 67.5 Å². The van der Waals surface area contributed by atoms with Crippen LogP contribution in [0.5, 0.6) is 0 Å². The Morgan fingerprint density at radius 3 is 2.69 bits per heavy atom. The number of fused-ring (bicyclic) bond motifs is 3. The summed E-state index contributed by atoms with van der Waals surface area (Å²) in [6.07, 6.45) is 6.49. The summed E-state index contributed by atoms with van der Waals surface area (Å²) < 4.78 is 7.73. The van der Waals surface area contributed by atoms with Crippen molar-refractivity contribution in [2.45, 2.75) is 84.3 Å². The maximum Gasteiger partial charge on any atom is 0.271 e. The molecule has 0 radical (unpaired) electrons. The number of nitrogens with zero attached hydrogens (tertiary/aromatic N) is 2. The first-order chi connectivity index (χ1) is 13.8. The number of furan rings is 1. The molecule has 158 valence electrons. The smallest absolute Gasteiger partial charge is 0.271 e. The summed E-state index contributed by atoms with van der Waals surface area (Å²) >= 11 is 0. The first-order valence-electron chi connectivity index (χ1n) is 11.0. The molecule has 0 aromatic carbocycles. The second-order valence-electron chi connectivity index (χ2n) is 9.44. The molecule has 6 heteroatoms. The summed E-state index contributed by atoms with van der Waals surface area (Å²) in [7, 11) is 0. The quantitative estimate of drug-likeness (QED) is 0.817. The van der Waals surface area contributed by atoms with Crippen molar-refractivity contribution in [3.8, 4) is 0 Å². The first-order valence-corrected chi connectivity index (χ1v) is 11.0. The van der Waals surface area contributed by atoms with E-state index in [1.54, 1.807) is 4.90 Å². The molecule has 1 fully saturated rings. The summed E-state index contributed by atoms with van der Waals surface area (Å²) in [5, 5.41) is 3.27. The fourth-order valence-corrected chi connectivity index (χ4v) is 4.79. The van der Waals surface area contributed by atoms with E-state index in [0.717, 1.165) is 43.4 Å². The Hall–Kier alpha value is -2.24. The Balaban J connectivity index is 1.69. The first kappa shape index (κ1) is 20.0. The zero-order chi connectivity index (χ0) is 20.8. The number of nitrogens with one attached hydrogen (secondary N) is 1. The average molecular weight is 400 g/mol. The number of hydrogen-bond acceptors (Lipinski definition) is 3. The maximum atomic E-state index is 13.5. The van der Waals surface area contributed by atoms with Gasteiger partial charge in [0.05, 0.1) is 12.1 Å². The van der Waals surface area contributed by atoms with Crippen molar-refractivity contribution in [1.82, 2.24) is 14.8 Å². The van der Waals surface area contributed by atoms with Crippen molar-refractivity contribution in [2.75, 3.05) is 6.54 Å². The fraction of sp³-hybridized carbons (Fsp3) is 0.652. The number of carbonyl (C=O) groups excluding carboxylic acids is 2. The van der Waals surface area contributed by atoms with Gasteiger partial charge in [-0.2, -0.15) is 0 Å². The van der Waals surface area contributed by atoms with Crippen molar-refractivity contribution in [2.24, 2.45) is 5.92 Å². The van der Waals surface area contributed by atoms with Crippen molar-refractivity contribution < 1.29 is 14.0 Å². The van der Waals surface area contributed by atoms with E-state index in [4.69, 9.17) is 4.42 Å². The fourth-order valence-electron chi connectivity index (χ4n) is 4.79. The van der Waals surface area contributed by atoms with E-state index in [9.17, 15) is 9.59 Å². The summed E-state index contributed by atoms with van der Waals surface area (Å²) in [4.78, 5) is 28.8. The lowest BCUT2D eigenvalue weighted by Gasteiger charge is -2.45. The molecule has 1 N–H and O–H groups in total. The van der Waals surface area contributed by atoms with Gasteiger partial charge in [0.2, 0.25) is 5.91 Å². The summed E-state index contributed by atoms with van der Waals surface area (Å²) in [5.74, 6) is 1.16. The van der Waals surface area contributed by atoms with Gasteiger partial charge in [0.25, 0.3) is 5.91 Å². The standard InChI is InChI=1S/C23H33N3O3/c1-15(2)10-11-26-21(27)19-13-20-18(12-16(3)29-20)25(19)14-23(26,4)22(28)24-17-8-6-5-7-9-17/h12-13,15,17H,5-11,14H2,1-4H3,(H,24,28)/t23-/m0/s1. The molecule has 4 rings (SSSR count). The number of aromatic nitrogens is 1. The van der Waals surface area contributed by atoms with E-state index in [1.165, 1.54) is 6.42 Å². The largest absolute Gasteiger partial charge is 0.460 e. The molecule has 6 nitrogen and oxygen atoms in total. The van der Waals surface area contributed by atoms with Crippen LogP contribution in [0.2, 0.25) is 0 Å². The van der Waals surface area contributed by atoms with Gasteiger partial charge in [-0.05, 0) is 39.0 Å². The molecule has 1 aliphatic carbocycles. The Bertz CT molecular complexity index is 919. The van der Waals surface area contributed by atoms with Gasteiger partial charge in [0.1, 0.15) is 17.0 Å². The predicted molar refractivity (Wildman–Crippen MR) is 113 cm³/mol. The third-order valence-corrected chi connectivity index (χ3v) is 6.60. The van der Waals surface area contributed by atoms with Crippen LogP contribution in [0, 0.1) is 12.8 Å². The van der Waals surface area contributed by atoms with Gasteiger partial charge in [0, 0.05) is 24.7 Å². The lowest BCUT2D eigenvalue weighted by Crippen LogP contribution is -2.65. The van der Waals surface area contributed by atoms with Crippen LogP contribution in [0.25, 0.3) is 11.1 Å². The van der Waals surface area contributed by atoms with Crippen molar-refractivity contribution in [3.05, 3.63) is 23.6 Å². The molecule has 3 heterocycles. The molecule has 29 heavy (non-hydrogen) atoms. The lowest BCUT2D eigenvalue weighted by atomic mass is 9.91. The molecule has 1 atom stereocenters. The van der Waals surface area contributed by atoms with Crippen LogP contribution in [-0.2, 0) is 11.3 Å². The van der Waals surface area contributed by atoms with E-state index in [1.807, 2.05) is 30.5 Å². The van der Waals surface area contributed by atoms with E-state index in [2.05, 4.69) is 19.2 Å². The molecule has 0 bridgehead atoms. The minimum atomic E-state index is -0.909. The minimum absolute atomic E-state index is 0.0331. The monoisotopic (exact) mass is 399 g/mol. The Morgan fingerprint density at radius 1 is 1.28 bits per heavy atom. The van der Waals surface area contributed by atoms with Crippen LogP contribution in [-0.4, -0.2) is 39.4 Å². The molecule has 0 unspecified atom stereocenters. The van der Waals surface area contributed by atoms with Crippen LogP contribution in [0.15, 0.2) is 16.5 Å². The Labute approximate surface area is 172 Å². The predicted octanol–water partition coefficient (Wildman–Crippen LogP) is 4.25. The van der Waals surface area contributed by atoms with Crippen LogP contribution in [0.3, 0.4) is 0 Å². The molecular weight excluding hydrogens is 366 g/mol. The van der Waals surface area contributed by atoms with Crippen molar-refractivity contribution in [3.63, 3.8) is 0 Å². The number of amides is 2. The molecule has 2 aliphatic rings. The van der Waals surface area contributed by atoms with Gasteiger partial charge in [-0.15, -0.1) is 0 Å². The summed E-state index contributed by atoms with van der Waals surface area (Å²) in [6.45, 7) is 9.15. The second kappa shape index (κ2) is 7.54. The SMILES string of the molecule is Cc1cc2c(cc3n2C[C@@](C)(C(=O)NC2CCCCC2)N(CCC(C)C)C3=O)o1. The molecule has 1 aliphatic heterocycles. The molecule has 2 aromatic rings.